The zero-order valence-electron chi connectivity index (χ0n) is 14.4. The summed E-state index contributed by atoms with van der Waals surface area (Å²) in [6.45, 7) is 16.6. The van der Waals surface area contributed by atoms with Crippen molar-refractivity contribution >= 4 is 0 Å². The predicted octanol–water partition coefficient (Wildman–Crippen LogP) is 2.46. The van der Waals surface area contributed by atoms with Gasteiger partial charge >= 0.3 is 0 Å². The van der Waals surface area contributed by atoms with Gasteiger partial charge in [0, 0.05) is 31.2 Å². The average molecular weight is 293 g/mol. The zero-order chi connectivity index (χ0) is 15.6. The topological polar surface area (TPSA) is 46.0 Å². The minimum Gasteiger partial charge on any atom is -0.311 e. The largest absolute Gasteiger partial charge is 0.311 e. The second-order valence-electron chi connectivity index (χ2n) is 7.53. The third-order valence-electron chi connectivity index (χ3n) is 4.53. The van der Waals surface area contributed by atoms with E-state index in [9.17, 15) is 0 Å². The molecule has 21 heavy (non-hydrogen) atoms. The molecule has 2 rings (SSSR count). The van der Waals surface area contributed by atoms with Crippen LogP contribution in [0.15, 0.2) is 6.33 Å². The van der Waals surface area contributed by atoms with Crippen LogP contribution in [0.5, 0.6) is 0 Å². The van der Waals surface area contributed by atoms with E-state index in [2.05, 4.69) is 61.8 Å². The highest BCUT2D eigenvalue weighted by Gasteiger charge is 2.33. The summed E-state index contributed by atoms with van der Waals surface area (Å²) in [5.41, 5.74) is 0.280. The van der Waals surface area contributed by atoms with Crippen LogP contribution in [0.1, 0.15) is 59.8 Å². The minimum atomic E-state index is 0.280. The molecule has 0 saturated carbocycles. The molecule has 0 aliphatic carbocycles. The quantitative estimate of drug-likeness (QED) is 0.926. The molecule has 2 heterocycles. The van der Waals surface area contributed by atoms with E-state index in [-0.39, 0.29) is 5.41 Å². The lowest BCUT2D eigenvalue weighted by molar-refractivity contribution is 0.0738. The molecule has 0 spiro atoms. The van der Waals surface area contributed by atoms with Crippen LogP contribution in [-0.4, -0.2) is 44.8 Å². The lowest BCUT2D eigenvalue weighted by atomic mass is 9.84. The first-order chi connectivity index (χ1) is 9.82. The first kappa shape index (κ1) is 16.4. The van der Waals surface area contributed by atoms with E-state index < -0.39 is 0 Å². The molecule has 0 radical (unpaired) electrons. The fraction of sp³-hybridized carbons (Fsp3) is 0.875. The molecule has 0 aromatic carbocycles. The number of aromatic nitrogens is 3. The molecule has 1 saturated heterocycles. The number of nitrogens with one attached hydrogen (secondary N) is 1. The van der Waals surface area contributed by atoms with Crippen LogP contribution in [0.4, 0.5) is 0 Å². The summed E-state index contributed by atoms with van der Waals surface area (Å²) < 4.78 is 2.04. The number of nitrogens with zero attached hydrogens (tertiary/aromatic N) is 4. The van der Waals surface area contributed by atoms with Gasteiger partial charge in [0.05, 0.1) is 6.54 Å². The van der Waals surface area contributed by atoms with E-state index in [0.717, 1.165) is 25.5 Å². The Labute approximate surface area is 129 Å². The maximum Gasteiger partial charge on any atom is 0.141 e. The summed E-state index contributed by atoms with van der Waals surface area (Å²) in [6, 6.07) is 1.47. The number of piperazine rings is 1. The Balaban J connectivity index is 2.12. The second-order valence-corrected chi connectivity index (χ2v) is 7.53. The van der Waals surface area contributed by atoms with Crippen LogP contribution in [0.2, 0.25) is 0 Å². The van der Waals surface area contributed by atoms with Crippen LogP contribution in [0.3, 0.4) is 0 Å². The van der Waals surface area contributed by atoms with E-state index in [1.165, 1.54) is 6.42 Å². The summed E-state index contributed by atoms with van der Waals surface area (Å²) in [5, 5.41) is 8.09. The Kier molecular flexibility index (Phi) is 5.04. The van der Waals surface area contributed by atoms with E-state index >= 15 is 0 Å². The lowest BCUT2D eigenvalue weighted by Gasteiger charge is -2.44. The van der Waals surface area contributed by atoms with E-state index in [1.807, 2.05) is 4.68 Å². The van der Waals surface area contributed by atoms with E-state index in [0.29, 0.717) is 18.1 Å². The van der Waals surface area contributed by atoms with Crippen molar-refractivity contribution in [3.05, 3.63) is 12.2 Å². The molecule has 1 aromatic heterocycles. The summed E-state index contributed by atoms with van der Waals surface area (Å²) in [7, 11) is 0. The van der Waals surface area contributed by atoms with Crippen LogP contribution in [0, 0.1) is 5.41 Å². The summed E-state index contributed by atoms with van der Waals surface area (Å²) >= 11 is 0. The van der Waals surface area contributed by atoms with Gasteiger partial charge < -0.3 is 5.32 Å². The van der Waals surface area contributed by atoms with Gasteiger partial charge in [-0.15, -0.1) is 0 Å². The van der Waals surface area contributed by atoms with Crippen molar-refractivity contribution in [2.45, 2.75) is 72.6 Å². The van der Waals surface area contributed by atoms with Gasteiger partial charge in [0.15, 0.2) is 0 Å². The molecule has 1 N–H and O–H groups in total. The third kappa shape index (κ3) is 3.83. The molecule has 1 fully saturated rings. The Bertz CT molecular complexity index is 446. The first-order valence-electron chi connectivity index (χ1n) is 8.18. The molecular formula is C16H31N5. The van der Waals surface area contributed by atoms with Crippen molar-refractivity contribution in [3.63, 3.8) is 0 Å². The number of hydrogen-bond acceptors (Lipinski definition) is 4. The molecule has 0 bridgehead atoms. The third-order valence-corrected chi connectivity index (χ3v) is 4.53. The highest BCUT2D eigenvalue weighted by Crippen LogP contribution is 2.25. The summed E-state index contributed by atoms with van der Waals surface area (Å²) in [5.74, 6) is 1.08. The van der Waals surface area contributed by atoms with Crippen molar-refractivity contribution in [1.29, 1.82) is 0 Å². The highest BCUT2D eigenvalue weighted by molar-refractivity contribution is 4.95. The summed E-state index contributed by atoms with van der Waals surface area (Å²) in [4.78, 5) is 7.06. The molecule has 1 aliphatic heterocycles. The van der Waals surface area contributed by atoms with Crippen LogP contribution < -0.4 is 5.32 Å². The standard InChI is InChI=1S/C16H31N5/c1-7-13-8-17-14(16(4,5)6)9-20(13)10-15-18-11-19-21(15)12(2)3/h11-14,17H,7-10H2,1-6H3. The van der Waals surface area contributed by atoms with Gasteiger partial charge in [-0.1, -0.05) is 27.7 Å². The van der Waals surface area contributed by atoms with Crippen LogP contribution in [0.25, 0.3) is 0 Å². The fourth-order valence-corrected chi connectivity index (χ4v) is 3.03. The van der Waals surface area contributed by atoms with Crippen molar-refractivity contribution < 1.29 is 0 Å². The molecule has 5 nitrogen and oxygen atoms in total. The monoisotopic (exact) mass is 293 g/mol. The number of rotatable bonds is 4. The minimum absolute atomic E-state index is 0.280. The molecule has 1 aliphatic rings. The van der Waals surface area contributed by atoms with E-state index in [1.54, 1.807) is 6.33 Å². The Hall–Kier alpha value is -0.940. The average Bonchev–Trinajstić information content (AvgIpc) is 2.86. The molecule has 2 unspecified atom stereocenters. The van der Waals surface area contributed by atoms with Crippen molar-refractivity contribution in [3.8, 4) is 0 Å². The highest BCUT2D eigenvalue weighted by atomic mass is 15.4. The van der Waals surface area contributed by atoms with Crippen LogP contribution in [-0.2, 0) is 6.54 Å². The molecule has 5 heteroatoms. The van der Waals surface area contributed by atoms with Gasteiger partial charge in [-0.3, -0.25) is 4.90 Å². The van der Waals surface area contributed by atoms with Gasteiger partial charge in [0.2, 0.25) is 0 Å². The smallest absolute Gasteiger partial charge is 0.141 e. The maximum absolute atomic E-state index is 4.48. The van der Waals surface area contributed by atoms with Crippen LogP contribution >= 0.6 is 0 Å². The molecule has 2 atom stereocenters. The van der Waals surface area contributed by atoms with Crippen molar-refractivity contribution in [2.24, 2.45) is 5.41 Å². The van der Waals surface area contributed by atoms with Gasteiger partial charge in [-0.25, -0.2) is 9.67 Å². The van der Waals surface area contributed by atoms with Crippen molar-refractivity contribution in [2.75, 3.05) is 13.1 Å². The van der Waals surface area contributed by atoms with Gasteiger partial charge in [-0.2, -0.15) is 5.10 Å². The summed E-state index contributed by atoms with van der Waals surface area (Å²) in [6.07, 6.45) is 2.85. The zero-order valence-corrected chi connectivity index (χ0v) is 14.4. The molecule has 1 aromatic rings. The molecule has 0 amide bonds. The predicted molar refractivity (Wildman–Crippen MR) is 86.1 cm³/mol. The maximum atomic E-state index is 4.48. The Morgan fingerprint density at radius 1 is 1.38 bits per heavy atom. The van der Waals surface area contributed by atoms with Gasteiger partial charge in [0.25, 0.3) is 0 Å². The van der Waals surface area contributed by atoms with Gasteiger partial charge in [0.1, 0.15) is 12.2 Å². The van der Waals surface area contributed by atoms with E-state index in [4.69, 9.17) is 0 Å². The van der Waals surface area contributed by atoms with Crippen molar-refractivity contribution in [1.82, 2.24) is 25.0 Å². The second kappa shape index (κ2) is 6.44. The Morgan fingerprint density at radius 2 is 2.10 bits per heavy atom. The Morgan fingerprint density at radius 3 is 2.67 bits per heavy atom. The molecule has 120 valence electrons. The normalized spacial score (nSPS) is 24.7. The molecular weight excluding hydrogens is 262 g/mol. The number of hydrogen-bond donors (Lipinski definition) is 1. The lowest BCUT2D eigenvalue weighted by Crippen LogP contribution is -2.59. The fourth-order valence-electron chi connectivity index (χ4n) is 3.03. The first-order valence-corrected chi connectivity index (χ1v) is 8.18. The van der Waals surface area contributed by atoms with Gasteiger partial charge in [-0.05, 0) is 25.7 Å². The SMILES string of the molecule is CCC1CNC(C(C)(C)C)CN1Cc1ncnn1C(C)C.